The molecule has 9 heteroatoms. The van der Waals surface area contributed by atoms with Crippen LogP contribution in [0.5, 0.6) is 17.2 Å². The number of nitrogens with zero attached hydrogens (tertiary/aromatic N) is 1. The first kappa shape index (κ1) is 24.1. The van der Waals surface area contributed by atoms with Gasteiger partial charge in [-0.25, -0.2) is 10.2 Å². The molecule has 0 atom stereocenters. The Balaban J connectivity index is 1.47. The van der Waals surface area contributed by atoms with E-state index < -0.39 is 11.9 Å². The molecule has 0 aliphatic carbocycles. The van der Waals surface area contributed by atoms with Gasteiger partial charge in [-0.1, -0.05) is 29.3 Å². The molecule has 1 N–H and O–H groups in total. The minimum Gasteiger partial charge on any atom is -0.494 e. The normalized spacial score (nSPS) is 10.6. The van der Waals surface area contributed by atoms with Crippen LogP contribution in [0, 0.1) is 0 Å². The van der Waals surface area contributed by atoms with Crippen LogP contribution in [0.2, 0.25) is 10.0 Å². The van der Waals surface area contributed by atoms with Crippen molar-refractivity contribution in [1.29, 1.82) is 0 Å². The molecule has 0 heterocycles. The number of ether oxygens (including phenoxy) is 3. The van der Waals surface area contributed by atoms with Gasteiger partial charge in [0.1, 0.15) is 22.3 Å². The standard InChI is InChI=1S/C24H20Cl2N2O5/c1-2-31-18-12-8-17(9-13-18)24(30)33-19-10-6-16(7-11-19)14-27-28-22(29)15-32-21-5-3-4-20(25)23(21)26/h3-14H,2,15H2,1H3,(H,28,29)/b27-14-. The maximum Gasteiger partial charge on any atom is 0.343 e. The monoisotopic (exact) mass is 486 g/mol. The number of carbonyl (C=O) groups excluding carboxylic acids is 2. The summed E-state index contributed by atoms with van der Waals surface area (Å²) < 4.78 is 16.0. The Labute approximate surface area is 200 Å². The highest BCUT2D eigenvalue weighted by Gasteiger charge is 2.09. The van der Waals surface area contributed by atoms with E-state index in [1.807, 2.05) is 6.92 Å². The van der Waals surface area contributed by atoms with E-state index in [9.17, 15) is 9.59 Å². The first-order valence-corrected chi connectivity index (χ1v) is 10.7. The summed E-state index contributed by atoms with van der Waals surface area (Å²) in [6.07, 6.45) is 1.45. The topological polar surface area (TPSA) is 86.2 Å². The van der Waals surface area contributed by atoms with Gasteiger partial charge in [0.15, 0.2) is 6.61 Å². The molecule has 7 nitrogen and oxygen atoms in total. The van der Waals surface area contributed by atoms with Gasteiger partial charge in [-0.15, -0.1) is 0 Å². The SMILES string of the molecule is CCOc1ccc(C(=O)Oc2ccc(/C=N\NC(=O)COc3cccc(Cl)c3Cl)cc2)cc1. The van der Waals surface area contributed by atoms with E-state index in [1.54, 1.807) is 66.7 Å². The second-order valence-corrected chi connectivity index (χ2v) is 7.33. The average molecular weight is 487 g/mol. The molecule has 3 aromatic rings. The first-order chi connectivity index (χ1) is 16.0. The highest BCUT2D eigenvalue weighted by atomic mass is 35.5. The number of benzene rings is 3. The third kappa shape index (κ3) is 7.24. The van der Waals surface area contributed by atoms with E-state index >= 15 is 0 Å². The number of hydrazone groups is 1. The minimum atomic E-state index is -0.480. The first-order valence-electron chi connectivity index (χ1n) is 9.90. The van der Waals surface area contributed by atoms with Crippen LogP contribution >= 0.6 is 23.2 Å². The molecule has 0 aliphatic heterocycles. The number of hydrogen-bond donors (Lipinski definition) is 1. The lowest BCUT2D eigenvalue weighted by Crippen LogP contribution is -2.24. The van der Waals surface area contributed by atoms with Gasteiger partial charge in [0.25, 0.3) is 5.91 Å². The summed E-state index contributed by atoms with van der Waals surface area (Å²) in [5.41, 5.74) is 3.45. The summed E-state index contributed by atoms with van der Waals surface area (Å²) in [5, 5.41) is 4.44. The molecule has 3 rings (SSSR count). The summed E-state index contributed by atoms with van der Waals surface area (Å²) >= 11 is 11.9. The van der Waals surface area contributed by atoms with Crippen LogP contribution in [0.1, 0.15) is 22.8 Å². The zero-order valence-corrected chi connectivity index (χ0v) is 19.1. The fourth-order valence-corrected chi connectivity index (χ4v) is 2.94. The summed E-state index contributed by atoms with van der Waals surface area (Å²) in [4.78, 5) is 24.1. The van der Waals surface area contributed by atoms with Crippen molar-refractivity contribution in [2.75, 3.05) is 13.2 Å². The molecule has 0 spiro atoms. The average Bonchev–Trinajstić information content (AvgIpc) is 2.82. The third-order valence-corrected chi connectivity index (χ3v) is 4.97. The van der Waals surface area contributed by atoms with Crippen molar-refractivity contribution in [2.45, 2.75) is 6.92 Å². The molecule has 0 aliphatic rings. The van der Waals surface area contributed by atoms with Gasteiger partial charge in [-0.3, -0.25) is 4.79 Å². The van der Waals surface area contributed by atoms with Gasteiger partial charge in [-0.05, 0) is 73.2 Å². The van der Waals surface area contributed by atoms with Crippen molar-refractivity contribution < 1.29 is 23.8 Å². The number of rotatable bonds is 9. The molecule has 0 bridgehead atoms. The molecule has 170 valence electrons. The maximum atomic E-state index is 12.3. The Bertz CT molecular complexity index is 1130. The van der Waals surface area contributed by atoms with Gasteiger partial charge in [0.05, 0.1) is 23.4 Å². The summed E-state index contributed by atoms with van der Waals surface area (Å²) in [6, 6.07) is 18.2. The Morgan fingerprint density at radius 3 is 2.33 bits per heavy atom. The summed E-state index contributed by atoms with van der Waals surface area (Å²) in [6.45, 7) is 2.16. The number of carbonyl (C=O) groups is 2. The van der Waals surface area contributed by atoms with Crippen molar-refractivity contribution >= 4 is 41.3 Å². The molecule has 0 aromatic heterocycles. The Kier molecular flexibility index (Phi) is 8.69. The van der Waals surface area contributed by atoms with Gasteiger partial charge >= 0.3 is 5.97 Å². The molecule has 0 saturated carbocycles. The largest absolute Gasteiger partial charge is 0.494 e. The van der Waals surface area contributed by atoms with Crippen LogP contribution in [-0.2, 0) is 4.79 Å². The van der Waals surface area contributed by atoms with E-state index in [0.29, 0.717) is 40.0 Å². The van der Waals surface area contributed by atoms with Crippen LogP contribution in [0.3, 0.4) is 0 Å². The van der Waals surface area contributed by atoms with Crippen molar-refractivity contribution in [3.8, 4) is 17.2 Å². The second kappa shape index (κ2) is 11.9. The quantitative estimate of drug-likeness (QED) is 0.196. The van der Waals surface area contributed by atoms with E-state index in [0.717, 1.165) is 0 Å². The molecule has 0 fully saturated rings. The van der Waals surface area contributed by atoms with E-state index in [1.165, 1.54) is 6.21 Å². The van der Waals surface area contributed by atoms with Crippen LogP contribution in [-0.4, -0.2) is 31.3 Å². The minimum absolute atomic E-state index is 0.235. The van der Waals surface area contributed by atoms with E-state index in [4.69, 9.17) is 37.4 Å². The molecule has 33 heavy (non-hydrogen) atoms. The molecule has 0 radical (unpaired) electrons. The van der Waals surface area contributed by atoms with Crippen LogP contribution in [0.15, 0.2) is 71.8 Å². The summed E-state index contributed by atoms with van der Waals surface area (Å²) in [7, 11) is 0. The molecule has 0 unspecified atom stereocenters. The van der Waals surface area contributed by atoms with Crippen molar-refractivity contribution in [1.82, 2.24) is 5.43 Å². The lowest BCUT2D eigenvalue weighted by molar-refractivity contribution is -0.123. The Morgan fingerprint density at radius 2 is 1.64 bits per heavy atom. The van der Waals surface area contributed by atoms with Crippen molar-refractivity contribution in [3.05, 3.63) is 87.9 Å². The molecular formula is C24H20Cl2N2O5. The zero-order valence-electron chi connectivity index (χ0n) is 17.6. The molecule has 0 saturated heterocycles. The number of halogens is 2. The fourth-order valence-electron chi connectivity index (χ4n) is 2.59. The van der Waals surface area contributed by atoms with E-state index in [-0.39, 0.29) is 11.6 Å². The van der Waals surface area contributed by atoms with Crippen LogP contribution < -0.4 is 19.6 Å². The Morgan fingerprint density at radius 1 is 0.939 bits per heavy atom. The zero-order chi connectivity index (χ0) is 23.6. The molecular weight excluding hydrogens is 467 g/mol. The predicted molar refractivity (Wildman–Crippen MR) is 127 cm³/mol. The lowest BCUT2D eigenvalue weighted by atomic mass is 10.2. The number of esters is 1. The van der Waals surface area contributed by atoms with Crippen LogP contribution in [0.4, 0.5) is 0 Å². The molecule has 3 aromatic carbocycles. The van der Waals surface area contributed by atoms with Gasteiger partial charge < -0.3 is 14.2 Å². The number of hydrogen-bond acceptors (Lipinski definition) is 6. The highest BCUT2D eigenvalue weighted by Crippen LogP contribution is 2.31. The summed E-state index contributed by atoms with van der Waals surface area (Å²) in [5.74, 6) is 0.417. The number of amides is 1. The second-order valence-electron chi connectivity index (χ2n) is 6.55. The highest BCUT2D eigenvalue weighted by molar-refractivity contribution is 6.42. The lowest BCUT2D eigenvalue weighted by Gasteiger charge is -2.07. The Hall–Kier alpha value is -3.55. The molecule has 1 amide bonds. The van der Waals surface area contributed by atoms with Crippen molar-refractivity contribution in [3.63, 3.8) is 0 Å². The van der Waals surface area contributed by atoms with Crippen molar-refractivity contribution in [2.24, 2.45) is 5.10 Å². The maximum absolute atomic E-state index is 12.3. The third-order valence-electron chi connectivity index (χ3n) is 4.17. The van der Waals surface area contributed by atoms with Gasteiger partial charge in [-0.2, -0.15) is 5.10 Å². The smallest absolute Gasteiger partial charge is 0.343 e. The van der Waals surface area contributed by atoms with Gasteiger partial charge in [0, 0.05) is 0 Å². The van der Waals surface area contributed by atoms with Crippen LogP contribution in [0.25, 0.3) is 0 Å². The van der Waals surface area contributed by atoms with E-state index in [2.05, 4.69) is 10.5 Å². The predicted octanol–water partition coefficient (Wildman–Crippen LogP) is 5.14. The van der Waals surface area contributed by atoms with Gasteiger partial charge in [0.2, 0.25) is 0 Å². The number of nitrogens with one attached hydrogen (secondary N) is 1. The fraction of sp³-hybridized carbons (Fsp3) is 0.125.